The lowest BCUT2D eigenvalue weighted by Crippen LogP contribution is -2.42. The standard InChI is InChI=1S/C18H21NO3/c20-18(13-5-2-6-16-17(13)22-9-21-16)19-15-8-10-7-14(15)12-4-1-3-11(10)12/h2,5-6,10-12,14-15H,1,3-4,7-9H2,(H,19,20). The number of ether oxygens (including phenoxy) is 2. The predicted octanol–water partition coefficient (Wildman–Crippen LogP) is 2.97. The number of rotatable bonds is 2. The fourth-order valence-corrected chi connectivity index (χ4v) is 5.59. The van der Waals surface area contributed by atoms with Gasteiger partial charge in [0.2, 0.25) is 6.79 Å². The molecule has 5 atom stereocenters. The maximum atomic E-state index is 12.7. The van der Waals surface area contributed by atoms with Crippen LogP contribution in [0.1, 0.15) is 42.5 Å². The van der Waals surface area contributed by atoms with E-state index in [0.29, 0.717) is 29.0 Å². The molecule has 3 fully saturated rings. The highest BCUT2D eigenvalue weighted by Gasteiger charge is 2.54. The van der Waals surface area contributed by atoms with E-state index in [1.165, 1.54) is 32.1 Å². The van der Waals surface area contributed by atoms with Crippen LogP contribution in [0.4, 0.5) is 0 Å². The minimum atomic E-state index is -0.00514. The molecule has 4 heteroatoms. The Labute approximate surface area is 130 Å². The average molecular weight is 299 g/mol. The Balaban J connectivity index is 1.35. The summed E-state index contributed by atoms with van der Waals surface area (Å²) in [5.41, 5.74) is 0.612. The van der Waals surface area contributed by atoms with Crippen molar-refractivity contribution in [2.75, 3.05) is 6.79 Å². The van der Waals surface area contributed by atoms with Crippen molar-refractivity contribution >= 4 is 5.91 Å². The second-order valence-electron chi connectivity index (χ2n) is 7.27. The molecule has 1 aliphatic heterocycles. The van der Waals surface area contributed by atoms with Crippen molar-refractivity contribution in [2.24, 2.45) is 23.7 Å². The smallest absolute Gasteiger partial charge is 0.255 e. The van der Waals surface area contributed by atoms with E-state index in [0.717, 1.165) is 17.8 Å². The van der Waals surface area contributed by atoms with Gasteiger partial charge in [0.1, 0.15) is 0 Å². The topological polar surface area (TPSA) is 47.6 Å². The molecule has 3 aliphatic carbocycles. The molecule has 3 saturated carbocycles. The van der Waals surface area contributed by atoms with Crippen molar-refractivity contribution in [1.29, 1.82) is 0 Å². The fourth-order valence-electron chi connectivity index (χ4n) is 5.59. The number of hydrogen-bond acceptors (Lipinski definition) is 3. The summed E-state index contributed by atoms with van der Waals surface area (Å²) in [6.07, 6.45) is 6.68. The lowest BCUT2D eigenvalue weighted by Gasteiger charge is -2.32. The van der Waals surface area contributed by atoms with Crippen molar-refractivity contribution in [2.45, 2.75) is 38.1 Å². The summed E-state index contributed by atoms with van der Waals surface area (Å²) in [5, 5.41) is 3.29. The third kappa shape index (κ3) is 1.73. The Bertz CT molecular complexity index is 629. The van der Waals surface area contributed by atoms with E-state index >= 15 is 0 Å². The summed E-state index contributed by atoms with van der Waals surface area (Å²) >= 11 is 0. The van der Waals surface area contributed by atoms with Gasteiger partial charge in [-0.05, 0) is 61.5 Å². The van der Waals surface area contributed by atoms with Gasteiger partial charge < -0.3 is 14.8 Å². The number of amides is 1. The fraction of sp³-hybridized carbons (Fsp3) is 0.611. The molecule has 5 rings (SSSR count). The normalized spacial score (nSPS) is 37.4. The maximum absolute atomic E-state index is 12.7. The number of carbonyl (C=O) groups excluding carboxylic acids is 1. The highest BCUT2D eigenvalue weighted by molar-refractivity contribution is 5.98. The first-order valence-corrected chi connectivity index (χ1v) is 8.51. The number of fused-ring (bicyclic) bond motifs is 6. The van der Waals surface area contributed by atoms with Crippen LogP contribution in [-0.2, 0) is 0 Å². The molecule has 0 radical (unpaired) electrons. The van der Waals surface area contributed by atoms with Crippen LogP contribution >= 0.6 is 0 Å². The zero-order valence-electron chi connectivity index (χ0n) is 12.6. The van der Waals surface area contributed by atoms with Crippen LogP contribution in [0.15, 0.2) is 18.2 Å². The van der Waals surface area contributed by atoms with Crippen molar-refractivity contribution < 1.29 is 14.3 Å². The van der Waals surface area contributed by atoms with Gasteiger partial charge >= 0.3 is 0 Å². The van der Waals surface area contributed by atoms with Gasteiger partial charge in [-0.1, -0.05) is 12.5 Å². The van der Waals surface area contributed by atoms with Gasteiger partial charge in [0, 0.05) is 6.04 Å². The molecule has 1 aromatic carbocycles. The summed E-state index contributed by atoms with van der Waals surface area (Å²) in [4.78, 5) is 12.7. The Morgan fingerprint density at radius 2 is 2.00 bits per heavy atom. The highest BCUT2D eigenvalue weighted by Crippen LogP contribution is 2.58. The van der Waals surface area contributed by atoms with Crippen molar-refractivity contribution in [3.63, 3.8) is 0 Å². The largest absolute Gasteiger partial charge is 0.454 e. The molecule has 0 aromatic heterocycles. The second kappa shape index (κ2) is 4.64. The zero-order chi connectivity index (χ0) is 14.7. The number of hydrogen-bond donors (Lipinski definition) is 1. The van der Waals surface area contributed by atoms with Crippen LogP contribution < -0.4 is 14.8 Å². The third-order valence-corrected chi connectivity index (χ3v) is 6.39. The summed E-state index contributed by atoms with van der Waals surface area (Å²) in [5.74, 6) is 4.65. The quantitative estimate of drug-likeness (QED) is 0.913. The molecular formula is C18H21NO3. The first kappa shape index (κ1) is 12.8. The van der Waals surface area contributed by atoms with Gasteiger partial charge in [-0.15, -0.1) is 0 Å². The van der Waals surface area contributed by atoms with Gasteiger partial charge in [0.15, 0.2) is 11.5 Å². The Hall–Kier alpha value is -1.71. The summed E-state index contributed by atoms with van der Waals surface area (Å²) < 4.78 is 10.8. The van der Waals surface area contributed by atoms with E-state index in [1.54, 1.807) is 0 Å². The molecule has 1 amide bonds. The van der Waals surface area contributed by atoms with Crippen LogP contribution in [0.3, 0.4) is 0 Å². The van der Waals surface area contributed by atoms with Crippen LogP contribution in [0, 0.1) is 23.7 Å². The van der Waals surface area contributed by atoms with Crippen LogP contribution in [0.25, 0.3) is 0 Å². The first-order valence-electron chi connectivity index (χ1n) is 8.51. The minimum Gasteiger partial charge on any atom is -0.454 e. The minimum absolute atomic E-state index is 0.00514. The van der Waals surface area contributed by atoms with Crippen molar-refractivity contribution in [1.82, 2.24) is 5.32 Å². The number of nitrogens with one attached hydrogen (secondary N) is 1. The SMILES string of the molecule is O=C(NC1CC2CC1C1CCCC21)c1cccc2c1OCO2. The molecule has 0 spiro atoms. The van der Waals surface area contributed by atoms with Gasteiger partial charge in [-0.25, -0.2) is 0 Å². The van der Waals surface area contributed by atoms with Gasteiger partial charge in [0.05, 0.1) is 5.56 Å². The maximum Gasteiger partial charge on any atom is 0.255 e. The van der Waals surface area contributed by atoms with E-state index in [9.17, 15) is 4.79 Å². The summed E-state index contributed by atoms with van der Waals surface area (Å²) in [6, 6.07) is 5.89. The average Bonchev–Trinajstić information content (AvgIpc) is 3.27. The third-order valence-electron chi connectivity index (χ3n) is 6.39. The van der Waals surface area contributed by atoms with E-state index in [-0.39, 0.29) is 12.7 Å². The lowest BCUT2D eigenvalue weighted by atomic mass is 9.79. The van der Waals surface area contributed by atoms with E-state index in [2.05, 4.69) is 5.32 Å². The molecule has 2 bridgehead atoms. The molecule has 22 heavy (non-hydrogen) atoms. The van der Waals surface area contributed by atoms with Crippen LogP contribution in [0.5, 0.6) is 11.5 Å². The Morgan fingerprint density at radius 3 is 2.95 bits per heavy atom. The van der Waals surface area contributed by atoms with Gasteiger partial charge in [-0.2, -0.15) is 0 Å². The number of carbonyl (C=O) groups is 1. The monoisotopic (exact) mass is 299 g/mol. The van der Waals surface area contributed by atoms with Crippen molar-refractivity contribution in [3.05, 3.63) is 23.8 Å². The molecule has 4 nitrogen and oxygen atoms in total. The predicted molar refractivity (Wildman–Crippen MR) is 80.9 cm³/mol. The van der Waals surface area contributed by atoms with Crippen molar-refractivity contribution in [3.8, 4) is 11.5 Å². The van der Waals surface area contributed by atoms with Gasteiger partial charge in [-0.3, -0.25) is 4.79 Å². The molecule has 1 heterocycles. The molecule has 5 unspecified atom stereocenters. The van der Waals surface area contributed by atoms with Crippen LogP contribution in [-0.4, -0.2) is 18.7 Å². The first-order chi connectivity index (χ1) is 10.8. The number of para-hydroxylation sites is 1. The summed E-state index contributed by atoms with van der Waals surface area (Å²) in [6.45, 7) is 0.206. The van der Waals surface area contributed by atoms with E-state index < -0.39 is 0 Å². The zero-order valence-corrected chi connectivity index (χ0v) is 12.6. The Kier molecular flexibility index (Phi) is 2.70. The Morgan fingerprint density at radius 1 is 1.09 bits per heavy atom. The number of benzene rings is 1. The molecule has 1 N–H and O–H groups in total. The highest BCUT2D eigenvalue weighted by atomic mass is 16.7. The van der Waals surface area contributed by atoms with Crippen LogP contribution in [0.2, 0.25) is 0 Å². The van der Waals surface area contributed by atoms with Gasteiger partial charge in [0.25, 0.3) is 5.91 Å². The second-order valence-corrected chi connectivity index (χ2v) is 7.27. The molecule has 116 valence electrons. The molecular weight excluding hydrogens is 278 g/mol. The van der Waals surface area contributed by atoms with E-state index in [1.807, 2.05) is 18.2 Å². The summed E-state index contributed by atoms with van der Waals surface area (Å²) in [7, 11) is 0. The molecule has 0 saturated heterocycles. The molecule has 1 aromatic rings. The van der Waals surface area contributed by atoms with E-state index in [4.69, 9.17) is 9.47 Å². The molecule has 4 aliphatic rings. The lowest BCUT2D eigenvalue weighted by molar-refractivity contribution is 0.0896.